The fraction of sp³-hybridized carbons (Fsp3) is 0.500. The summed E-state index contributed by atoms with van der Waals surface area (Å²) in [5.41, 5.74) is 1.34. The zero-order valence-corrected chi connectivity index (χ0v) is 15.8. The Hall–Kier alpha value is -1.05. The first kappa shape index (κ1) is 18.3. The number of allylic oxidation sites excluding steroid dienone is 1. The van der Waals surface area contributed by atoms with Crippen molar-refractivity contribution < 1.29 is 17.9 Å². The summed E-state index contributed by atoms with van der Waals surface area (Å²) in [4.78, 5) is 0.146. The van der Waals surface area contributed by atoms with Crippen LogP contribution in [0.5, 0.6) is 11.5 Å². The standard InChI is InChI=1S/C16H22BrNO4S/c1-21-14-10-13(17)16(11-15(14)22-2)23(19,20)18-9-8-12-6-4-3-5-7-12/h6,10-11,18H,3-5,7-9H2,1-2H3. The van der Waals surface area contributed by atoms with E-state index in [0.29, 0.717) is 22.5 Å². The minimum atomic E-state index is -3.61. The van der Waals surface area contributed by atoms with Gasteiger partial charge in [0.25, 0.3) is 0 Å². The maximum atomic E-state index is 12.5. The van der Waals surface area contributed by atoms with E-state index in [4.69, 9.17) is 9.47 Å². The van der Waals surface area contributed by atoms with Crippen molar-refractivity contribution in [3.8, 4) is 11.5 Å². The summed E-state index contributed by atoms with van der Waals surface area (Å²) in [5, 5.41) is 0. The molecule has 0 atom stereocenters. The van der Waals surface area contributed by atoms with Crippen molar-refractivity contribution in [2.75, 3.05) is 20.8 Å². The monoisotopic (exact) mass is 403 g/mol. The molecule has 0 bridgehead atoms. The Kier molecular flexibility index (Phi) is 6.50. The molecule has 23 heavy (non-hydrogen) atoms. The highest BCUT2D eigenvalue weighted by Crippen LogP contribution is 2.35. The lowest BCUT2D eigenvalue weighted by atomic mass is 9.97. The van der Waals surface area contributed by atoms with Crippen LogP contribution >= 0.6 is 15.9 Å². The smallest absolute Gasteiger partial charge is 0.241 e. The Morgan fingerprint density at radius 3 is 2.48 bits per heavy atom. The number of halogens is 1. The molecule has 1 aliphatic rings. The fourth-order valence-electron chi connectivity index (χ4n) is 2.60. The van der Waals surface area contributed by atoms with Crippen molar-refractivity contribution in [1.29, 1.82) is 0 Å². The molecule has 2 rings (SSSR count). The second-order valence-electron chi connectivity index (χ2n) is 5.39. The fourth-order valence-corrected chi connectivity index (χ4v) is 4.66. The molecule has 5 nitrogen and oxygen atoms in total. The Bertz CT molecular complexity index is 686. The summed E-state index contributed by atoms with van der Waals surface area (Å²) in [7, 11) is -0.623. The van der Waals surface area contributed by atoms with Gasteiger partial charge in [0.2, 0.25) is 10.0 Å². The average molecular weight is 404 g/mol. The minimum Gasteiger partial charge on any atom is -0.493 e. The van der Waals surface area contributed by atoms with Crippen LogP contribution < -0.4 is 14.2 Å². The lowest BCUT2D eigenvalue weighted by Gasteiger charge is -2.15. The number of rotatable bonds is 7. The topological polar surface area (TPSA) is 64.6 Å². The molecule has 0 spiro atoms. The quantitative estimate of drug-likeness (QED) is 0.705. The van der Waals surface area contributed by atoms with Gasteiger partial charge >= 0.3 is 0 Å². The van der Waals surface area contributed by atoms with Gasteiger partial charge in [-0.2, -0.15) is 0 Å². The third-order valence-electron chi connectivity index (χ3n) is 3.85. The van der Waals surface area contributed by atoms with Crippen LogP contribution in [0.15, 0.2) is 33.2 Å². The SMILES string of the molecule is COc1cc(Br)c(S(=O)(=O)NCCC2=CCCCC2)cc1OC. The van der Waals surface area contributed by atoms with E-state index in [9.17, 15) is 8.42 Å². The second kappa shape index (κ2) is 8.17. The van der Waals surface area contributed by atoms with E-state index in [2.05, 4.69) is 26.7 Å². The first-order valence-corrected chi connectivity index (χ1v) is 9.84. The van der Waals surface area contributed by atoms with Crippen LogP contribution in [0.3, 0.4) is 0 Å². The molecule has 0 fully saturated rings. The van der Waals surface area contributed by atoms with Crippen molar-refractivity contribution in [1.82, 2.24) is 4.72 Å². The van der Waals surface area contributed by atoms with E-state index in [1.165, 1.54) is 38.7 Å². The van der Waals surface area contributed by atoms with Gasteiger partial charge in [-0.3, -0.25) is 0 Å². The predicted molar refractivity (Wildman–Crippen MR) is 93.6 cm³/mol. The summed E-state index contributed by atoms with van der Waals surface area (Å²) in [5.74, 6) is 0.858. The van der Waals surface area contributed by atoms with Gasteiger partial charge in [0.1, 0.15) is 4.90 Å². The molecule has 0 radical (unpaired) electrons. The molecule has 1 N–H and O–H groups in total. The highest BCUT2D eigenvalue weighted by Gasteiger charge is 2.21. The zero-order valence-electron chi connectivity index (χ0n) is 13.4. The van der Waals surface area contributed by atoms with E-state index in [1.807, 2.05) is 0 Å². The van der Waals surface area contributed by atoms with Gasteiger partial charge in [-0.15, -0.1) is 0 Å². The Balaban J connectivity index is 2.11. The maximum absolute atomic E-state index is 12.5. The lowest BCUT2D eigenvalue weighted by molar-refractivity contribution is 0.353. The number of sulfonamides is 1. The zero-order chi connectivity index (χ0) is 16.9. The van der Waals surface area contributed by atoms with Gasteiger partial charge in [0, 0.05) is 17.1 Å². The third-order valence-corrected chi connectivity index (χ3v) is 6.27. The van der Waals surface area contributed by atoms with Gasteiger partial charge in [0.15, 0.2) is 11.5 Å². The minimum absolute atomic E-state index is 0.146. The molecule has 1 aromatic rings. The molecule has 1 aromatic carbocycles. The van der Waals surface area contributed by atoms with Gasteiger partial charge in [-0.25, -0.2) is 13.1 Å². The summed E-state index contributed by atoms with van der Waals surface area (Å²) >= 11 is 3.29. The predicted octanol–water partition coefficient (Wildman–Crippen LogP) is 3.64. The lowest BCUT2D eigenvalue weighted by Crippen LogP contribution is -2.25. The van der Waals surface area contributed by atoms with Gasteiger partial charge in [-0.1, -0.05) is 11.6 Å². The molecule has 7 heteroatoms. The normalized spacial score (nSPS) is 15.2. The number of benzene rings is 1. The van der Waals surface area contributed by atoms with Crippen LogP contribution in [-0.4, -0.2) is 29.2 Å². The molecular formula is C16H22BrNO4S. The van der Waals surface area contributed by atoms with Crippen LogP contribution in [-0.2, 0) is 10.0 Å². The molecule has 0 unspecified atom stereocenters. The van der Waals surface area contributed by atoms with Crippen molar-refractivity contribution in [2.45, 2.75) is 37.0 Å². The maximum Gasteiger partial charge on any atom is 0.241 e. The molecule has 1 aliphatic carbocycles. The molecule has 0 amide bonds. The number of ether oxygens (including phenoxy) is 2. The third kappa shape index (κ3) is 4.71. The number of hydrogen-bond donors (Lipinski definition) is 1. The molecule has 0 aliphatic heterocycles. The van der Waals surface area contributed by atoms with Crippen LogP contribution in [0.25, 0.3) is 0 Å². The molecule has 0 saturated heterocycles. The average Bonchev–Trinajstić information content (AvgIpc) is 2.55. The number of nitrogens with one attached hydrogen (secondary N) is 1. The van der Waals surface area contributed by atoms with E-state index in [1.54, 1.807) is 6.07 Å². The van der Waals surface area contributed by atoms with E-state index >= 15 is 0 Å². The van der Waals surface area contributed by atoms with E-state index in [0.717, 1.165) is 19.3 Å². The Labute approximate surface area is 146 Å². The van der Waals surface area contributed by atoms with Crippen LogP contribution in [0.4, 0.5) is 0 Å². The van der Waals surface area contributed by atoms with Crippen LogP contribution in [0.1, 0.15) is 32.1 Å². The first-order chi connectivity index (χ1) is 11.0. The Morgan fingerprint density at radius 2 is 1.87 bits per heavy atom. The highest BCUT2D eigenvalue weighted by atomic mass is 79.9. The molecular weight excluding hydrogens is 382 g/mol. The molecule has 0 saturated carbocycles. The summed E-state index contributed by atoms with van der Waals surface area (Å²) in [6.45, 7) is 0.398. The largest absolute Gasteiger partial charge is 0.493 e. The summed E-state index contributed by atoms with van der Waals surface area (Å²) < 4.78 is 38.5. The highest BCUT2D eigenvalue weighted by molar-refractivity contribution is 9.10. The first-order valence-electron chi connectivity index (χ1n) is 7.57. The van der Waals surface area contributed by atoms with E-state index < -0.39 is 10.0 Å². The molecule has 0 heterocycles. The van der Waals surface area contributed by atoms with Gasteiger partial charge < -0.3 is 9.47 Å². The van der Waals surface area contributed by atoms with Crippen LogP contribution in [0.2, 0.25) is 0 Å². The van der Waals surface area contributed by atoms with Crippen molar-refractivity contribution in [2.24, 2.45) is 0 Å². The summed E-state index contributed by atoms with van der Waals surface area (Å²) in [6, 6.07) is 3.06. The van der Waals surface area contributed by atoms with E-state index in [-0.39, 0.29) is 4.90 Å². The number of methoxy groups -OCH3 is 2. The summed E-state index contributed by atoms with van der Waals surface area (Å²) in [6.07, 6.45) is 7.58. The second-order valence-corrected chi connectivity index (χ2v) is 7.98. The molecule has 0 aromatic heterocycles. The van der Waals surface area contributed by atoms with Crippen LogP contribution in [0, 0.1) is 0 Å². The molecule has 128 valence electrons. The van der Waals surface area contributed by atoms with Crippen molar-refractivity contribution >= 4 is 26.0 Å². The number of hydrogen-bond acceptors (Lipinski definition) is 4. The van der Waals surface area contributed by atoms with Crippen molar-refractivity contribution in [3.63, 3.8) is 0 Å². The van der Waals surface area contributed by atoms with Gasteiger partial charge in [0.05, 0.1) is 14.2 Å². The van der Waals surface area contributed by atoms with Gasteiger partial charge in [-0.05, 0) is 54.1 Å². The van der Waals surface area contributed by atoms with Crippen molar-refractivity contribution in [3.05, 3.63) is 28.3 Å². The Morgan fingerprint density at radius 1 is 1.17 bits per heavy atom.